The molecule has 0 spiro atoms. The van der Waals surface area contributed by atoms with Gasteiger partial charge in [-0.15, -0.1) is 5.10 Å². The van der Waals surface area contributed by atoms with E-state index in [2.05, 4.69) is 50.1 Å². The summed E-state index contributed by atoms with van der Waals surface area (Å²) in [5.41, 5.74) is 9.07. The fourth-order valence-electron chi connectivity index (χ4n) is 2.01. The molecule has 0 unspecified atom stereocenters. The molecule has 0 bridgehead atoms. The molecule has 1 aromatic rings. The van der Waals surface area contributed by atoms with Crippen LogP contribution in [-0.2, 0) is 12.8 Å². The first-order chi connectivity index (χ1) is 9.36. The number of nitrogens with zero attached hydrogens (tertiary/aromatic N) is 2. The molecular weight excluding hydrogens is 268 g/mol. The third-order valence-corrected chi connectivity index (χ3v) is 3.99. The minimum Gasteiger partial charge on any atom is -0.389 e. The maximum absolute atomic E-state index is 5.91. The van der Waals surface area contributed by atoms with Gasteiger partial charge in [-0.25, -0.2) is 0 Å². The first kappa shape index (κ1) is 16.8. The van der Waals surface area contributed by atoms with E-state index in [0.29, 0.717) is 10.8 Å². The van der Waals surface area contributed by atoms with Crippen LogP contribution in [0, 0.1) is 5.41 Å². The van der Waals surface area contributed by atoms with Gasteiger partial charge in [0.15, 0.2) is 5.82 Å². The van der Waals surface area contributed by atoms with E-state index < -0.39 is 0 Å². The fourth-order valence-corrected chi connectivity index (χ4v) is 2.23. The van der Waals surface area contributed by atoms with Gasteiger partial charge in [0, 0.05) is 6.54 Å². The molecule has 0 amide bonds. The molecule has 0 aliphatic carbocycles. The Morgan fingerprint density at radius 2 is 1.85 bits per heavy atom. The minimum atomic E-state index is 0.199. The molecule has 0 atom stereocenters. The minimum absolute atomic E-state index is 0.199. The van der Waals surface area contributed by atoms with Crippen molar-refractivity contribution in [3.8, 4) is 0 Å². The van der Waals surface area contributed by atoms with E-state index in [1.54, 1.807) is 0 Å². The van der Waals surface area contributed by atoms with Crippen LogP contribution in [0.4, 0.5) is 5.82 Å². The number of nitrogens with one attached hydrogen (secondary N) is 1. The molecule has 0 radical (unpaired) electrons. The highest BCUT2D eigenvalue weighted by Gasteiger charge is 2.20. The molecule has 0 saturated carbocycles. The largest absolute Gasteiger partial charge is 0.389 e. The summed E-state index contributed by atoms with van der Waals surface area (Å²) in [5.74, 6) is 0.716. The van der Waals surface area contributed by atoms with Crippen LogP contribution in [0.15, 0.2) is 0 Å². The first-order valence-electron chi connectivity index (χ1n) is 7.28. The summed E-state index contributed by atoms with van der Waals surface area (Å²) >= 11 is 5.22. The summed E-state index contributed by atoms with van der Waals surface area (Å²) in [6, 6.07) is 0. The lowest BCUT2D eigenvalue weighted by atomic mass is 9.90. The van der Waals surface area contributed by atoms with Crippen LogP contribution in [-0.4, -0.2) is 21.7 Å². The summed E-state index contributed by atoms with van der Waals surface area (Å²) in [7, 11) is 0. The van der Waals surface area contributed by atoms with Gasteiger partial charge in [0.1, 0.15) is 4.99 Å². The lowest BCUT2D eigenvalue weighted by Gasteiger charge is -2.24. The number of rotatable bonds is 7. The second-order valence-corrected chi connectivity index (χ2v) is 6.23. The third-order valence-electron chi connectivity index (χ3n) is 3.78. The highest BCUT2D eigenvalue weighted by Crippen LogP contribution is 2.24. The van der Waals surface area contributed by atoms with Crippen molar-refractivity contribution < 1.29 is 0 Å². The van der Waals surface area contributed by atoms with E-state index in [1.165, 1.54) is 0 Å². The number of hydrogen-bond acceptors (Lipinski definition) is 4. The first-order valence-corrected chi connectivity index (χ1v) is 7.69. The summed E-state index contributed by atoms with van der Waals surface area (Å²) < 4.78 is 0. The second-order valence-electron chi connectivity index (χ2n) is 5.79. The number of hydrogen-bond donors (Lipinski definition) is 2. The van der Waals surface area contributed by atoms with Crippen molar-refractivity contribution in [1.29, 1.82) is 0 Å². The Hall–Kier alpha value is -1.23. The van der Waals surface area contributed by atoms with Gasteiger partial charge in [-0.05, 0) is 30.2 Å². The normalized spacial score (nSPS) is 11.4. The molecular formula is C15H26N4S. The van der Waals surface area contributed by atoms with Crippen LogP contribution in [0.25, 0.3) is 0 Å². The van der Waals surface area contributed by atoms with Gasteiger partial charge < -0.3 is 11.1 Å². The smallest absolute Gasteiger partial charge is 0.159 e. The van der Waals surface area contributed by atoms with Crippen LogP contribution in [0.5, 0.6) is 0 Å². The van der Waals surface area contributed by atoms with Crippen LogP contribution in [0.1, 0.15) is 57.9 Å². The second kappa shape index (κ2) is 6.97. The zero-order valence-corrected chi connectivity index (χ0v) is 14.0. The molecule has 3 N–H and O–H groups in total. The number of anilines is 1. The quantitative estimate of drug-likeness (QED) is 0.757. The maximum Gasteiger partial charge on any atom is 0.159 e. The van der Waals surface area contributed by atoms with Gasteiger partial charge in [-0.2, -0.15) is 5.10 Å². The number of aryl methyl sites for hydroxylation is 1. The lowest BCUT2D eigenvalue weighted by molar-refractivity contribution is 0.376. The van der Waals surface area contributed by atoms with Crippen molar-refractivity contribution in [2.24, 2.45) is 11.1 Å². The summed E-state index contributed by atoms with van der Waals surface area (Å²) in [5, 5.41) is 12.0. The van der Waals surface area contributed by atoms with Crippen molar-refractivity contribution in [3.63, 3.8) is 0 Å². The molecule has 1 heterocycles. The molecule has 20 heavy (non-hydrogen) atoms. The van der Waals surface area contributed by atoms with Crippen LogP contribution in [0.3, 0.4) is 0 Å². The van der Waals surface area contributed by atoms with Crippen molar-refractivity contribution in [2.75, 3.05) is 11.9 Å². The van der Waals surface area contributed by atoms with Gasteiger partial charge in [0.25, 0.3) is 0 Å². The molecule has 0 fully saturated rings. The van der Waals surface area contributed by atoms with E-state index in [1.807, 2.05) is 0 Å². The van der Waals surface area contributed by atoms with Gasteiger partial charge in [0.05, 0.1) is 11.3 Å². The monoisotopic (exact) mass is 294 g/mol. The average Bonchev–Trinajstić information content (AvgIpc) is 2.43. The van der Waals surface area contributed by atoms with E-state index in [9.17, 15) is 0 Å². The Bertz CT molecular complexity index is 483. The summed E-state index contributed by atoms with van der Waals surface area (Å²) in [4.78, 5) is 0.392. The van der Waals surface area contributed by atoms with Crippen molar-refractivity contribution in [2.45, 2.75) is 53.9 Å². The van der Waals surface area contributed by atoms with E-state index in [0.717, 1.165) is 42.6 Å². The van der Waals surface area contributed by atoms with Crippen molar-refractivity contribution in [3.05, 3.63) is 16.8 Å². The molecule has 0 aliphatic heterocycles. The Labute approximate surface area is 127 Å². The lowest BCUT2D eigenvalue weighted by Crippen LogP contribution is -2.26. The number of nitrogens with two attached hydrogens (primary N) is 1. The highest BCUT2D eigenvalue weighted by molar-refractivity contribution is 7.80. The van der Waals surface area contributed by atoms with Gasteiger partial charge in [0.2, 0.25) is 0 Å². The zero-order valence-electron chi connectivity index (χ0n) is 13.2. The van der Waals surface area contributed by atoms with Crippen LogP contribution >= 0.6 is 12.2 Å². The van der Waals surface area contributed by atoms with Crippen LogP contribution in [0.2, 0.25) is 0 Å². The Morgan fingerprint density at radius 3 is 2.30 bits per heavy atom. The third kappa shape index (κ3) is 3.88. The predicted molar refractivity (Wildman–Crippen MR) is 89.2 cm³/mol. The molecule has 1 aromatic heterocycles. The Morgan fingerprint density at radius 1 is 1.20 bits per heavy atom. The van der Waals surface area contributed by atoms with E-state index in [4.69, 9.17) is 18.0 Å². The topological polar surface area (TPSA) is 63.8 Å². The van der Waals surface area contributed by atoms with Gasteiger partial charge in [-0.3, -0.25) is 0 Å². The maximum atomic E-state index is 5.91. The Kier molecular flexibility index (Phi) is 5.87. The standard InChI is InChI=1S/C15H26N4S/c1-6-10-11(7-2)18-19-14(12(10)13(16)20)17-9-15(4,5)8-3/h6-9H2,1-5H3,(H2,16,20)(H,17,19). The summed E-state index contributed by atoms with van der Waals surface area (Å²) in [6.45, 7) is 11.6. The SMILES string of the molecule is CCc1nnc(NCC(C)(C)CC)c(C(N)=S)c1CC. The van der Waals surface area contributed by atoms with Gasteiger partial charge in [-0.1, -0.05) is 46.8 Å². The molecule has 5 heteroatoms. The number of thiocarbonyl (C=S) groups is 1. The Balaban J connectivity index is 3.17. The molecule has 0 aromatic carbocycles. The molecule has 4 nitrogen and oxygen atoms in total. The van der Waals surface area contributed by atoms with E-state index >= 15 is 0 Å². The molecule has 112 valence electrons. The average molecular weight is 294 g/mol. The van der Waals surface area contributed by atoms with E-state index in [-0.39, 0.29) is 5.41 Å². The highest BCUT2D eigenvalue weighted by atomic mass is 32.1. The van der Waals surface area contributed by atoms with Crippen molar-refractivity contribution >= 4 is 23.0 Å². The molecule has 1 rings (SSSR count). The fraction of sp³-hybridized carbons (Fsp3) is 0.667. The summed E-state index contributed by atoms with van der Waals surface area (Å²) in [6.07, 6.45) is 2.78. The van der Waals surface area contributed by atoms with Crippen molar-refractivity contribution in [1.82, 2.24) is 10.2 Å². The molecule has 0 saturated heterocycles. The van der Waals surface area contributed by atoms with Crippen LogP contribution < -0.4 is 11.1 Å². The predicted octanol–water partition coefficient (Wildman–Crippen LogP) is 3.08. The number of aromatic nitrogens is 2. The molecule has 0 aliphatic rings. The van der Waals surface area contributed by atoms with Gasteiger partial charge >= 0.3 is 0 Å². The zero-order chi connectivity index (χ0) is 15.3.